The van der Waals surface area contributed by atoms with Crippen molar-refractivity contribution in [2.45, 2.75) is 194 Å². The Morgan fingerprint density at radius 2 is 1.50 bits per heavy atom. The fraction of sp³-hybridized carbons (Fsp3) is 0.554. The second-order valence-electron chi connectivity index (χ2n) is 32.8. The Labute approximate surface area is 682 Å². The van der Waals surface area contributed by atoms with Gasteiger partial charge in [-0.05, 0) is 160 Å². The van der Waals surface area contributed by atoms with Gasteiger partial charge in [-0.1, -0.05) is 112 Å². The number of amides is 4. The van der Waals surface area contributed by atoms with Gasteiger partial charge in [-0.3, -0.25) is 43.5 Å². The summed E-state index contributed by atoms with van der Waals surface area (Å²) in [4.78, 5) is 81.8. The number of aromatic nitrogens is 3. The lowest BCUT2D eigenvalue weighted by atomic mass is 9.71. The summed E-state index contributed by atoms with van der Waals surface area (Å²) in [6.45, 7) is 22.2. The van der Waals surface area contributed by atoms with E-state index in [4.69, 9.17) is 16.3 Å². The lowest BCUT2D eigenvalue weighted by Gasteiger charge is -2.44. The number of aliphatic hydroxyl groups excluding tert-OH is 1. The Morgan fingerprint density at radius 3 is 2.18 bits per heavy atom. The maximum Gasteiger partial charge on any atom is 0.501 e. The lowest BCUT2D eigenvalue weighted by Crippen LogP contribution is -2.57. The minimum atomic E-state index is -6.06. The van der Waals surface area contributed by atoms with Crippen LogP contribution in [-0.4, -0.2) is 230 Å². The molecule has 7 heterocycles. The zero-order valence-corrected chi connectivity index (χ0v) is 70.1. The van der Waals surface area contributed by atoms with Crippen molar-refractivity contribution in [3.63, 3.8) is 0 Å². The molecule has 1 aliphatic carbocycles. The SMILES string of the molecule is Cc1ncsc1-c1ccc([C@H](C)NC(=O)[C@@H]2C[C@@H](O)CN2C(=O)[C@@H](NC(=O)CCCCCCC(=O)N2CCN(C[C@]3(C)CCC(c4ccc(Cl)cc4)=C(CN4CCC(N5CCc6c(ncnc6NS(=O)(=O)c6ccc(N[C@H](CCN7CCOCC7)CSc7ccccc7)c(S(=O)(=O)C(F)(F)F)c6)C5)CC4)C3)CC2)C(C)(C)C)cc1. The highest BCUT2D eigenvalue weighted by molar-refractivity contribution is 7.99. The molecule has 0 saturated carbocycles. The smallest absolute Gasteiger partial charge is 0.391 e. The van der Waals surface area contributed by atoms with E-state index in [1.54, 1.807) is 11.3 Å². The molecule has 6 aliphatic rings. The monoisotopic (exact) mass is 1670 g/mol. The van der Waals surface area contributed by atoms with Crippen molar-refractivity contribution in [1.29, 1.82) is 0 Å². The highest BCUT2D eigenvalue weighted by atomic mass is 35.5. The number of unbranched alkanes of at least 4 members (excludes halogenated alkanes) is 3. The van der Waals surface area contributed by atoms with Crippen molar-refractivity contribution in [2.75, 3.05) is 114 Å². The van der Waals surface area contributed by atoms with Gasteiger partial charge in [0.2, 0.25) is 23.6 Å². The minimum absolute atomic E-state index is 0.00462. The van der Waals surface area contributed by atoms with Crippen LogP contribution in [0, 0.1) is 17.8 Å². The largest absolute Gasteiger partial charge is 0.501 e. The number of fused-ring (bicyclic) bond motifs is 1. The number of sulfonamides is 1. The molecule has 4 amide bonds. The van der Waals surface area contributed by atoms with E-state index in [-0.39, 0.29) is 66.1 Å². The number of aliphatic hydroxyl groups is 1. The summed E-state index contributed by atoms with van der Waals surface area (Å²) in [5.74, 6) is -0.540. The van der Waals surface area contributed by atoms with Gasteiger partial charge in [0.15, 0.2) is 0 Å². The van der Waals surface area contributed by atoms with Crippen LogP contribution >= 0.6 is 34.7 Å². The number of alkyl halides is 3. The minimum Gasteiger partial charge on any atom is -0.391 e. The number of allylic oxidation sites excluding steroid dienone is 1. The number of β-amino-alcohol motifs (C(OH)–C–C–N with tert-alkyl or cyclic N) is 1. The number of ether oxygens (including phenoxy) is 1. The first-order valence-corrected chi connectivity index (χ1v) is 45.2. The third-order valence-electron chi connectivity index (χ3n) is 23.2. The second kappa shape index (κ2) is 38.1. The van der Waals surface area contributed by atoms with E-state index in [1.165, 1.54) is 39.7 Å². The molecule has 12 rings (SSSR count). The number of piperazine rings is 1. The molecule has 0 unspecified atom stereocenters. The van der Waals surface area contributed by atoms with Crippen LogP contribution in [0.5, 0.6) is 0 Å². The molecule has 114 heavy (non-hydrogen) atoms. The number of morpholine rings is 1. The molecule has 6 aromatic rings. The van der Waals surface area contributed by atoms with Gasteiger partial charge in [0.05, 0.1) is 57.7 Å². The summed E-state index contributed by atoms with van der Waals surface area (Å²) in [7, 11) is -10.8. The Kier molecular flexibility index (Phi) is 28.8. The highest BCUT2D eigenvalue weighted by Crippen LogP contribution is 2.45. The summed E-state index contributed by atoms with van der Waals surface area (Å²) in [5.41, 5.74) is 3.08. The number of hydrogen-bond donors (Lipinski definition) is 5. The number of carbonyl (C=O) groups excluding carboxylic acids is 4. The van der Waals surface area contributed by atoms with E-state index >= 15 is 0 Å². The maximum absolute atomic E-state index is 14.5. The first-order chi connectivity index (χ1) is 54.4. The second-order valence-corrected chi connectivity index (χ2v) is 38.8. The summed E-state index contributed by atoms with van der Waals surface area (Å²) in [5, 5.41) is 20.6. The highest BCUT2D eigenvalue weighted by Gasteiger charge is 2.49. The summed E-state index contributed by atoms with van der Waals surface area (Å²) >= 11 is 9.47. The normalized spacial score (nSPS) is 20.9. The third-order valence-corrected chi connectivity index (χ3v) is 28.5. The van der Waals surface area contributed by atoms with Crippen LogP contribution in [0.25, 0.3) is 16.0 Å². The number of halogens is 4. The molecule has 2 aromatic heterocycles. The van der Waals surface area contributed by atoms with E-state index < -0.39 is 70.7 Å². The number of nitrogens with one attached hydrogen (secondary N) is 4. The van der Waals surface area contributed by atoms with Crippen molar-refractivity contribution >= 4 is 95.3 Å². The Bertz CT molecular complexity index is 4580. The molecule has 0 bridgehead atoms. The molecular weight excluding hydrogens is 1560 g/mol. The zero-order valence-electron chi connectivity index (χ0n) is 66.1. The number of nitrogens with zero attached hydrogens (tertiary/aromatic N) is 9. The maximum atomic E-state index is 14.5. The third kappa shape index (κ3) is 22.2. The van der Waals surface area contributed by atoms with E-state index in [0.29, 0.717) is 119 Å². The fourth-order valence-electron chi connectivity index (χ4n) is 16.7. The van der Waals surface area contributed by atoms with Gasteiger partial charge in [0.1, 0.15) is 29.1 Å². The van der Waals surface area contributed by atoms with Crippen molar-refractivity contribution in [1.82, 2.24) is 55.0 Å². The quantitative estimate of drug-likeness (QED) is 0.0200. The van der Waals surface area contributed by atoms with Crippen LogP contribution in [0.2, 0.25) is 5.02 Å². The number of rotatable bonds is 31. The standard InChI is InChI=1S/C83H109ClF3N13O10S4/c1-56(58-18-20-60(21-19-58)76-57(2)90-55-112-76)91-79(104)72-46-65(101)50-100(72)80(105)77(81(3,4)5)93-74(102)16-12-7-8-13-17-75(103)98-40-38-97(39-41-98)53-82(6)33-28-68(59-22-24-62(84)25-23-59)61(48-82)49-96-35-30-64(31-36-96)99-37-32-69-71(51-99)88-54-89-78(69)94-114(108,109)67-26-27-70(73(47-67)113(106,107)83(85,86)87)92-63(29-34-95-42-44-110-45-43-95)52-111-66-14-10-9-11-15-66/h9-11,14-15,18-27,47,54-56,63-65,72,77,92,101H,7-8,12-13,16-17,28-46,48-53H2,1-6H3,(H,91,104)(H,93,102)(H,88,89,94)/t56-,63+,65+,72-,77+,82+/m0/s1. The van der Waals surface area contributed by atoms with Crippen molar-refractivity contribution < 1.29 is 59.0 Å². The first kappa shape index (κ1) is 86.2. The number of thioether (sulfide) groups is 1. The average molecular weight is 1670 g/mol. The molecule has 0 radical (unpaired) electrons. The summed E-state index contributed by atoms with van der Waals surface area (Å²) in [6, 6.07) is 25.8. The molecular formula is C83H109ClF3N13O10S4. The predicted molar refractivity (Wildman–Crippen MR) is 440 cm³/mol. The number of sulfone groups is 1. The van der Waals surface area contributed by atoms with Crippen molar-refractivity contribution in [2.24, 2.45) is 10.8 Å². The number of carbonyl (C=O) groups is 4. The van der Waals surface area contributed by atoms with Crippen molar-refractivity contribution in [3.05, 3.63) is 148 Å². The molecule has 4 saturated heterocycles. The topological polar surface area (TPSA) is 272 Å². The average Bonchev–Trinajstić information content (AvgIpc) is 1.04. The van der Waals surface area contributed by atoms with Crippen LogP contribution < -0.4 is 20.7 Å². The van der Waals surface area contributed by atoms with Gasteiger partial charge < -0.3 is 35.6 Å². The molecule has 5 N–H and O–H groups in total. The number of benzene rings is 4. The van der Waals surface area contributed by atoms with E-state index in [2.05, 4.69) is 74.3 Å². The van der Waals surface area contributed by atoms with Gasteiger partial charge in [-0.2, -0.15) is 13.2 Å². The summed E-state index contributed by atoms with van der Waals surface area (Å²) in [6.07, 6.45) is 9.41. The Hall–Kier alpha value is -7.10. The molecule has 4 aromatic carbocycles. The molecule has 0 spiro atoms. The number of piperidine rings is 1. The Morgan fingerprint density at radius 1 is 0.798 bits per heavy atom. The van der Waals surface area contributed by atoms with Crippen LogP contribution in [-0.2, 0) is 56.7 Å². The number of likely N-dealkylation sites (tertiary alicyclic amines) is 2. The Balaban J connectivity index is 0.589. The number of anilines is 2. The van der Waals surface area contributed by atoms with Crippen molar-refractivity contribution in [3.8, 4) is 10.4 Å². The van der Waals surface area contributed by atoms with E-state index in [1.807, 2.05) is 112 Å². The fourth-order valence-corrected chi connectivity index (χ4v) is 20.7. The predicted octanol–water partition coefficient (Wildman–Crippen LogP) is 12.3. The number of hydrogen-bond acceptors (Lipinski definition) is 20. The molecule has 31 heteroatoms. The number of aryl methyl sites for hydroxylation is 1. The molecule has 4 fully saturated rings. The first-order valence-electron chi connectivity index (χ1n) is 39.9. The van der Waals surface area contributed by atoms with Gasteiger partial charge in [0, 0.05) is 131 Å². The molecule has 618 valence electrons. The molecule has 5 aliphatic heterocycles. The van der Waals surface area contributed by atoms with Gasteiger partial charge >= 0.3 is 5.51 Å². The lowest BCUT2D eigenvalue weighted by molar-refractivity contribution is -0.144. The van der Waals surface area contributed by atoms with E-state index in [0.717, 1.165) is 123 Å². The molecule has 6 atom stereocenters. The molecule has 23 nitrogen and oxygen atoms in total. The van der Waals surface area contributed by atoms with Crippen LogP contribution in [0.15, 0.2) is 129 Å². The summed E-state index contributed by atoms with van der Waals surface area (Å²) < 4.78 is 107. The van der Waals surface area contributed by atoms with Crippen LogP contribution in [0.3, 0.4) is 0 Å². The van der Waals surface area contributed by atoms with Crippen LogP contribution in [0.4, 0.5) is 24.7 Å². The van der Waals surface area contributed by atoms with E-state index in [9.17, 15) is 54.3 Å². The zero-order chi connectivity index (χ0) is 81.1. The van der Waals surface area contributed by atoms with Gasteiger partial charge in [-0.25, -0.2) is 31.8 Å². The van der Waals surface area contributed by atoms with Gasteiger partial charge in [-0.15, -0.1) is 23.1 Å². The number of thiazole rings is 1. The van der Waals surface area contributed by atoms with Crippen LogP contribution in [0.1, 0.15) is 152 Å². The van der Waals surface area contributed by atoms with Gasteiger partial charge in [0.25, 0.3) is 19.9 Å².